The zero-order valence-electron chi connectivity index (χ0n) is 34.9. The van der Waals surface area contributed by atoms with Crippen LogP contribution in [-0.2, 0) is 19.1 Å². The van der Waals surface area contributed by atoms with E-state index >= 15 is 8.78 Å². The first-order valence-electron chi connectivity index (χ1n) is 21.1. The molecule has 4 aliphatic heterocycles. The standard InChI is InChI=1S/C44H48BrF2N9O6S/c1-3-53(2)63-52-33-7-6-31(46)41(30(33)22-48)62-36-10-8-34-39(40(36)45)43(60)56(25-49-34)28-21-44(61-24-28)14-18-55(19-15-44)38(58)23-54-16-12-26(13-17-54)29-5-4-27(20-32(29)47)50-35-9-11-37(57)51-42(35)59/h4-8,10,20,25-26,28,35,50,52H,3,9,11-19,21,23-24H2,1-2H3,(H,51,57,59). The largest absolute Gasteiger partial charge is 0.452 e. The van der Waals surface area contributed by atoms with Gasteiger partial charge in [0.15, 0.2) is 11.6 Å². The fourth-order valence-electron chi connectivity index (χ4n) is 8.84. The Morgan fingerprint density at radius 2 is 1.87 bits per heavy atom. The molecule has 2 unspecified atom stereocenters. The average molecular weight is 949 g/mol. The molecule has 332 valence electrons. The van der Waals surface area contributed by atoms with Gasteiger partial charge in [0, 0.05) is 43.9 Å². The van der Waals surface area contributed by atoms with Gasteiger partial charge < -0.3 is 24.4 Å². The van der Waals surface area contributed by atoms with Crippen LogP contribution < -0.4 is 25.7 Å². The van der Waals surface area contributed by atoms with E-state index in [1.54, 1.807) is 28.8 Å². The number of nitriles is 1. The van der Waals surface area contributed by atoms with Gasteiger partial charge in [0.05, 0.1) is 52.2 Å². The molecule has 4 aliphatic rings. The number of nitrogens with zero attached hydrogens (tertiary/aromatic N) is 6. The Bertz CT molecular complexity index is 2520. The molecule has 1 spiro atoms. The Balaban J connectivity index is 0.851. The second-order valence-corrected chi connectivity index (χ2v) is 18.3. The molecule has 15 nitrogen and oxygen atoms in total. The molecule has 2 atom stereocenters. The van der Waals surface area contributed by atoms with Crippen LogP contribution in [0.15, 0.2) is 58.1 Å². The number of aromatic nitrogens is 2. The number of benzene rings is 3. The molecule has 3 aromatic carbocycles. The number of ether oxygens (including phenoxy) is 2. The molecule has 0 aliphatic carbocycles. The highest BCUT2D eigenvalue weighted by atomic mass is 79.9. The molecule has 19 heteroatoms. The van der Waals surface area contributed by atoms with Gasteiger partial charge in [-0.15, -0.1) is 0 Å². The molecule has 63 heavy (non-hydrogen) atoms. The second-order valence-electron chi connectivity index (χ2n) is 16.5. The van der Waals surface area contributed by atoms with E-state index in [-0.39, 0.29) is 75.0 Å². The summed E-state index contributed by atoms with van der Waals surface area (Å²) < 4.78 is 49.7. The van der Waals surface area contributed by atoms with Gasteiger partial charge >= 0.3 is 0 Å². The van der Waals surface area contributed by atoms with Crippen molar-refractivity contribution in [3.05, 3.63) is 86.4 Å². The smallest absolute Gasteiger partial charge is 0.262 e. The molecule has 4 aromatic rings. The summed E-state index contributed by atoms with van der Waals surface area (Å²) in [5.41, 5.74) is 1.06. The number of imide groups is 1. The fourth-order valence-corrected chi connectivity index (χ4v) is 9.98. The molecule has 4 saturated heterocycles. The quantitative estimate of drug-likeness (QED) is 0.105. The zero-order valence-corrected chi connectivity index (χ0v) is 37.3. The van der Waals surface area contributed by atoms with Crippen molar-refractivity contribution in [2.75, 3.05) is 63.0 Å². The fraction of sp³-hybridized carbons (Fsp3) is 0.455. The van der Waals surface area contributed by atoms with Gasteiger partial charge in [0.2, 0.25) is 17.7 Å². The topological polar surface area (TPSA) is 174 Å². The van der Waals surface area contributed by atoms with E-state index in [4.69, 9.17) is 9.47 Å². The van der Waals surface area contributed by atoms with Crippen molar-refractivity contribution in [2.24, 2.45) is 0 Å². The van der Waals surface area contributed by atoms with E-state index in [1.807, 2.05) is 29.2 Å². The summed E-state index contributed by atoms with van der Waals surface area (Å²) in [7, 11) is 1.87. The number of carbonyl (C=O) groups excluding carboxylic acids is 3. The van der Waals surface area contributed by atoms with Gasteiger partial charge in [-0.25, -0.2) is 18.1 Å². The Morgan fingerprint density at radius 3 is 2.59 bits per heavy atom. The third kappa shape index (κ3) is 9.55. The van der Waals surface area contributed by atoms with Crippen LogP contribution in [0, 0.1) is 23.0 Å². The van der Waals surface area contributed by atoms with E-state index in [1.165, 1.54) is 36.7 Å². The van der Waals surface area contributed by atoms with Gasteiger partial charge in [0.25, 0.3) is 5.56 Å². The van der Waals surface area contributed by atoms with E-state index in [0.717, 1.165) is 6.54 Å². The molecular formula is C44H48BrF2N9O6S. The third-order valence-corrected chi connectivity index (χ3v) is 14.3. The molecule has 4 fully saturated rings. The highest BCUT2D eigenvalue weighted by Crippen LogP contribution is 2.42. The first-order valence-corrected chi connectivity index (χ1v) is 22.7. The molecule has 0 saturated carbocycles. The van der Waals surface area contributed by atoms with E-state index < -0.39 is 23.4 Å². The summed E-state index contributed by atoms with van der Waals surface area (Å²) in [4.78, 5) is 59.8. The van der Waals surface area contributed by atoms with E-state index in [0.29, 0.717) is 93.8 Å². The van der Waals surface area contributed by atoms with Crippen LogP contribution in [-0.4, -0.2) is 106 Å². The lowest BCUT2D eigenvalue weighted by Gasteiger charge is -2.40. The van der Waals surface area contributed by atoms with Gasteiger partial charge in [-0.3, -0.25) is 34.0 Å². The average Bonchev–Trinajstić information content (AvgIpc) is 3.68. The molecule has 3 N–H and O–H groups in total. The molecule has 8 rings (SSSR count). The van der Waals surface area contributed by atoms with Crippen LogP contribution in [0.2, 0.25) is 0 Å². The molecule has 0 radical (unpaired) electrons. The number of hydrogen-bond acceptors (Lipinski definition) is 13. The maximum Gasteiger partial charge on any atom is 0.262 e. The van der Waals surface area contributed by atoms with E-state index in [9.17, 15) is 24.4 Å². The highest BCUT2D eigenvalue weighted by Gasteiger charge is 2.44. The van der Waals surface area contributed by atoms with Gasteiger partial charge in [-0.1, -0.05) is 13.0 Å². The monoisotopic (exact) mass is 947 g/mol. The summed E-state index contributed by atoms with van der Waals surface area (Å²) in [6.45, 7) is 5.65. The summed E-state index contributed by atoms with van der Waals surface area (Å²) in [6.07, 6.45) is 5.33. The second kappa shape index (κ2) is 18.9. The highest BCUT2D eigenvalue weighted by molar-refractivity contribution is 9.10. The Morgan fingerprint density at radius 1 is 1.10 bits per heavy atom. The maximum absolute atomic E-state index is 15.3. The molecular weight excluding hydrogens is 901 g/mol. The van der Waals surface area contributed by atoms with Crippen LogP contribution in [0.1, 0.15) is 75.0 Å². The lowest BCUT2D eigenvalue weighted by atomic mass is 9.87. The maximum atomic E-state index is 15.3. The minimum Gasteiger partial charge on any atom is -0.452 e. The lowest BCUT2D eigenvalue weighted by molar-refractivity contribution is -0.137. The predicted octanol–water partition coefficient (Wildman–Crippen LogP) is 6.45. The number of fused-ring (bicyclic) bond motifs is 1. The van der Waals surface area contributed by atoms with Crippen molar-refractivity contribution in [3.63, 3.8) is 0 Å². The first kappa shape index (κ1) is 44.5. The SMILES string of the molecule is CCN(C)SNc1ccc(F)c(Oc2ccc3ncn(C4COC5(CCN(C(=O)CN6CCC(c7ccc(NC8CCC(=O)NC8=O)cc7F)CC6)CC5)C4)c(=O)c3c2Br)c1C#N. The summed E-state index contributed by atoms with van der Waals surface area (Å²) in [5, 5.41) is 15.6. The van der Waals surface area contributed by atoms with Gasteiger partial charge in [0.1, 0.15) is 29.2 Å². The Kier molecular flexibility index (Phi) is 13.4. The molecule has 5 heterocycles. The summed E-state index contributed by atoms with van der Waals surface area (Å²) in [5.74, 6) is -1.87. The van der Waals surface area contributed by atoms with Gasteiger partial charge in [-0.2, -0.15) is 5.26 Å². The number of halogens is 3. The van der Waals surface area contributed by atoms with Crippen LogP contribution >= 0.6 is 28.1 Å². The summed E-state index contributed by atoms with van der Waals surface area (Å²) >= 11 is 4.79. The number of likely N-dealkylation sites (tertiary alicyclic amines) is 2. The van der Waals surface area contributed by atoms with Crippen LogP contribution in [0.3, 0.4) is 0 Å². The van der Waals surface area contributed by atoms with Crippen molar-refractivity contribution in [1.82, 2.24) is 29.0 Å². The number of nitrogens with one attached hydrogen (secondary N) is 3. The minimum atomic E-state index is -0.732. The van der Waals surface area contributed by atoms with Crippen molar-refractivity contribution in [3.8, 4) is 17.6 Å². The predicted molar refractivity (Wildman–Crippen MR) is 237 cm³/mol. The third-order valence-electron chi connectivity index (χ3n) is 12.6. The molecule has 1 aromatic heterocycles. The number of anilines is 2. The summed E-state index contributed by atoms with van der Waals surface area (Å²) in [6, 6.07) is 12.0. The van der Waals surface area contributed by atoms with Crippen molar-refractivity contribution in [2.45, 2.75) is 75.5 Å². The number of carbonyl (C=O) groups is 3. The number of rotatable bonds is 12. The number of piperidine rings is 3. The van der Waals surface area contributed by atoms with Gasteiger partial charge in [-0.05, 0) is 122 Å². The van der Waals surface area contributed by atoms with Crippen LogP contribution in [0.4, 0.5) is 20.2 Å². The number of amides is 3. The first-order chi connectivity index (χ1) is 30.3. The van der Waals surface area contributed by atoms with Crippen LogP contribution in [0.5, 0.6) is 11.5 Å². The van der Waals surface area contributed by atoms with Crippen LogP contribution in [0.25, 0.3) is 10.9 Å². The van der Waals surface area contributed by atoms with Crippen molar-refractivity contribution in [1.29, 1.82) is 5.26 Å². The zero-order chi connectivity index (χ0) is 44.4. The molecule has 0 bridgehead atoms. The van der Waals surface area contributed by atoms with Crippen molar-refractivity contribution < 1.29 is 32.6 Å². The normalized spacial score (nSPS) is 20.6. The molecule has 3 amide bonds. The Hall–Kier alpha value is -5.13. The lowest BCUT2D eigenvalue weighted by Crippen LogP contribution is -2.50. The number of hydrogen-bond donors (Lipinski definition) is 3. The van der Waals surface area contributed by atoms with E-state index in [2.05, 4.69) is 41.2 Å². The minimum absolute atomic E-state index is 0.00930. The van der Waals surface area contributed by atoms with Crippen molar-refractivity contribution >= 4 is 68.1 Å². The Labute approximate surface area is 375 Å².